The summed E-state index contributed by atoms with van der Waals surface area (Å²) in [7, 11) is 1.71. The summed E-state index contributed by atoms with van der Waals surface area (Å²) in [5.41, 5.74) is 2.48. The Morgan fingerprint density at radius 2 is 1.02 bits per heavy atom. The Morgan fingerprint density at radius 1 is 0.600 bits per heavy atom. The minimum Gasteiger partial charge on any atom is -0.375 e. The molecule has 4 nitrogen and oxygen atoms in total. The van der Waals surface area contributed by atoms with Crippen molar-refractivity contribution in [3.8, 4) is 0 Å². The molecule has 0 aromatic heterocycles. The normalized spacial score (nSPS) is 18.4. The standard InChI is InChI=1S/C41H58O4/c1-3-4-5-6-7-8-9-10-11-12-13-14-15-25-32-43-38-33-40(42-2)45-39(38)34-44-41(35-26-19-16-20-27-35,36-28-21-17-22-29-36)37-30-23-18-24-31-37/h16-24,26-31,38-40H,3-15,25,32-34H2,1-2H3/t38-,39+,40?/m0/s1. The van der Waals surface area contributed by atoms with Crippen molar-refractivity contribution in [3.63, 3.8) is 0 Å². The molecule has 1 saturated heterocycles. The number of rotatable bonds is 23. The highest BCUT2D eigenvalue weighted by Gasteiger charge is 2.42. The van der Waals surface area contributed by atoms with Crippen LogP contribution in [0.25, 0.3) is 0 Å². The van der Waals surface area contributed by atoms with Crippen LogP contribution in [0.4, 0.5) is 0 Å². The topological polar surface area (TPSA) is 36.9 Å². The van der Waals surface area contributed by atoms with Gasteiger partial charge in [0.1, 0.15) is 11.7 Å². The first kappa shape index (κ1) is 35.4. The van der Waals surface area contributed by atoms with Gasteiger partial charge in [-0.15, -0.1) is 0 Å². The molecule has 3 atom stereocenters. The predicted molar refractivity (Wildman–Crippen MR) is 185 cm³/mol. The average Bonchev–Trinajstić information content (AvgIpc) is 3.50. The second-order valence-electron chi connectivity index (χ2n) is 12.7. The van der Waals surface area contributed by atoms with Crippen LogP contribution >= 0.6 is 0 Å². The fourth-order valence-corrected chi connectivity index (χ4v) is 6.66. The van der Waals surface area contributed by atoms with Crippen molar-refractivity contribution in [1.29, 1.82) is 0 Å². The van der Waals surface area contributed by atoms with E-state index >= 15 is 0 Å². The summed E-state index contributed by atoms with van der Waals surface area (Å²) in [4.78, 5) is 0. The molecule has 45 heavy (non-hydrogen) atoms. The lowest BCUT2D eigenvalue weighted by Gasteiger charge is -2.37. The van der Waals surface area contributed by atoms with E-state index in [-0.39, 0.29) is 18.5 Å². The van der Waals surface area contributed by atoms with Crippen LogP contribution in [-0.2, 0) is 24.5 Å². The van der Waals surface area contributed by atoms with Gasteiger partial charge in [-0.3, -0.25) is 0 Å². The number of ether oxygens (including phenoxy) is 4. The van der Waals surface area contributed by atoms with Gasteiger partial charge in [-0.05, 0) is 23.1 Å². The Morgan fingerprint density at radius 3 is 1.44 bits per heavy atom. The minimum atomic E-state index is -0.780. The molecule has 0 N–H and O–H groups in total. The van der Waals surface area contributed by atoms with Gasteiger partial charge in [0.2, 0.25) is 0 Å². The lowest BCUT2D eigenvalue weighted by molar-refractivity contribution is -0.147. The van der Waals surface area contributed by atoms with E-state index in [0.717, 1.165) is 36.1 Å². The molecule has 1 aliphatic rings. The molecular formula is C41H58O4. The van der Waals surface area contributed by atoms with E-state index < -0.39 is 5.60 Å². The van der Waals surface area contributed by atoms with Crippen molar-refractivity contribution in [1.82, 2.24) is 0 Å². The van der Waals surface area contributed by atoms with Crippen LogP contribution in [0.1, 0.15) is 120 Å². The molecule has 0 radical (unpaired) electrons. The smallest absolute Gasteiger partial charge is 0.160 e. The van der Waals surface area contributed by atoms with Gasteiger partial charge in [-0.1, -0.05) is 181 Å². The number of hydrogen-bond donors (Lipinski definition) is 0. The van der Waals surface area contributed by atoms with Crippen LogP contribution in [0.3, 0.4) is 0 Å². The first-order valence-corrected chi connectivity index (χ1v) is 17.9. The molecule has 246 valence electrons. The van der Waals surface area contributed by atoms with Gasteiger partial charge in [0.15, 0.2) is 6.29 Å². The first-order valence-electron chi connectivity index (χ1n) is 17.9. The molecule has 4 heteroatoms. The van der Waals surface area contributed by atoms with Gasteiger partial charge in [0, 0.05) is 20.1 Å². The van der Waals surface area contributed by atoms with Crippen molar-refractivity contribution < 1.29 is 18.9 Å². The van der Waals surface area contributed by atoms with Crippen LogP contribution in [0.5, 0.6) is 0 Å². The largest absolute Gasteiger partial charge is 0.375 e. The summed E-state index contributed by atoms with van der Waals surface area (Å²) in [6.07, 6.45) is 19.1. The second-order valence-corrected chi connectivity index (χ2v) is 12.7. The number of unbranched alkanes of at least 4 members (excludes halogenated alkanes) is 13. The number of methoxy groups -OCH3 is 1. The highest BCUT2D eigenvalue weighted by Crippen LogP contribution is 2.41. The minimum absolute atomic E-state index is 0.0584. The highest BCUT2D eigenvalue weighted by atomic mass is 16.7. The van der Waals surface area contributed by atoms with Crippen molar-refractivity contribution in [2.45, 2.75) is 127 Å². The van der Waals surface area contributed by atoms with Crippen LogP contribution in [0, 0.1) is 0 Å². The maximum absolute atomic E-state index is 7.06. The molecule has 0 amide bonds. The molecule has 1 fully saturated rings. The van der Waals surface area contributed by atoms with Gasteiger partial charge >= 0.3 is 0 Å². The van der Waals surface area contributed by atoms with E-state index in [9.17, 15) is 0 Å². The maximum atomic E-state index is 7.06. The zero-order valence-corrected chi connectivity index (χ0v) is 28.0. The third-order valence-corrected chi connectivity index (χ3v) is 9.26. The number of hydrogen-bond acceptors (Lipinski definition) is 4. The molecule has 1 heterocycles. The molecule has 1 unspecified atom stereocenters. The Hall–Kier alpha value is -2.50. The summed E-state index contributed by atoms with van der Waals surface area (Å²) >= 11 is 0. The fraction of sp³-hybridized carbons (Fsp3) is 0.561. The van der Waals surface area contributed by atoms with Gasteiger partial charge in [-0.25, -0.2) is 0 Å². The zero-order chi connectivity index (χ0) is 31.4. The summed E-state index contributed by atoms with van der Waals surface area (Å²) in [5, 5.41) is 0. The molecule has 0 bridgehead atoms. The molecule has 3 aromatic rings. The van der Waals surface area contributed by atoms with E-state index in [4.69, 9.17) is 18.9 Å². The van der Waals surface area contributed by atoms with Crippen molar-refractivity contribution in [2.75, 3.05) is 20.3 Å². The lowest BCUT2D eigenvalue weighted by atomic mass is 9.80. The molecular weight excluding hydrogens is 556 g/mol. The maximum Gasteiger partial charge on any atom is 0.160 e. The average molecular weight is 615 g/mol. The van der Waals surface area contributed by atoms with E-state index in [1.807, 2.05) is 0 Å². The summed E-state index contributed by atoms with van der Waals surface area (Å²) < 4.78 is 25.5. The van der Waals surface area contributed by atoms with Crippen molar-refractivity contribution in [3.05, 3.63) is 108 Å². The zero-order valence-electron chi connectivity index (χ0n) is 28.0. The molecule has 0 spiro atoms. The summed E-state index contributed by atoms with van der Waals surface area (Å²) in [5.74, 6) is 0. The number of benzene rings is 3. The van der Waals surface area contributed by atoms with E-state index in [1.54, 1.807) is 7.11 Å². The third-order valence-electron chi connectivity index (χ3n) is 9.26. The summed E-state index contributed by atoms with van der Waals surface area (Å²) in [6.45, 7) is 3.43. The molecule has 0 aliphatic carbocycles. The van der Waals surface area contributed by atoms with Gasteiger partial charge in [0.05, 0.1) is 12.7 Å². The third kappa shape index (κ3) is 11.1. The van der Waals surface area contributed by atoms with Crippen LogP contribution in [0.15, 0.2) is 91.0 Å². The van der Waals surface area contributed by atoms with E-state index in [2.05, 4.69) is 97.9 Å². The summed E-state index contributed by atoms with van der Waals surface area (Å²) in [6, 6.07) is 31.5. The highest BCUT2D eigenvalue weighted by molar-refractivity contribution is 5.47. The van der Waals surface area contributed by atoms with Crippen LogP contribution < -0.4 is 0 Å². The second kappa shape index (κ2) is 20.6. The Labute approximate surface area is 273 Å². The predicted octanol–water partition coefficient (Wildman–Crippen LogP) is 10.6. The quantitative estimate of drug-likeness (QED) is 0.0786. The molecule has 3 aromatic carbocycles. The Bertz CT molecular complexity index is 1040. The van der Waals surface area contributed by atoms with Crippen LogP contribution in [0.2, 0.25) is 0 Å². The monoisotopic (exact) mass is 614 g/mol. The molecule has 0 saturated carbocycles. The molecule has 1 aliphatic heterocycles. The van der Waals surface area contributed by atoms with Crippen molar-refractivity contribution in [2.24, 2.45) is 0 Å². The van der Waals surface area contributed by atoms with Crippen LogP contribution in [-0.4, -0.2) is 38.8 Å². The fourth-order valence-electron chi connectivity index (χ4n) is 6.66. The van der Waals surface area contributed by atoms with Gasteiger partial charge < -0.3 is 18.9 Å². The van der Waals surface area contributed by atoms with E-state index in [0.29, 0.717) is 6.61 Å². The Balaban J connectivity index is 1.26. The first-order chi connectivity index (χ1) is 22.3. The van der Waals surface area contributed by atoms with E-state index in [1.165, 1.54) is 83.5 Å². The van der Waals surface area contributed by atoms with Gasteiger partial charge in [-0.2, -0.15) is 0 Å². The van der Waals surface area contributed by atoms with Gasteiger partial charge in [0.25, 0.3) is 0 Å². The SMILES string of the molecule is CCCCCCCCCCCCCCCCO[C@H]1CC(OC)O[C@@H]1COC(c1ccccc1)(c1ccccc1)c1ccccc1. The lowest BCUT2D eigenvalue weighted by Crippen LogP contribution is -2.38. The molecule has 4 rings (SSSR count). The Kier molecular flexibility index (Phi) is 16.2. The van der Waals surface area contributed by atoms with Crippen molar-refractivity contribution >= 4 is 0 Å².